The van der Waals surface area contributed by atoms with Gasteiger partial charge in [-0.15, -0.1) is 0 Å². The SMILES string of the molecule is CC(C)C[C@@](C)(OC(=O)N(C)C)C(=O)N[C@H](c1nc2ccc(-c3cnc(-c4ccc5nc([C@@H](NC(=O)[C@@](C)(CC(C)C)OC(=O)N(C)C)C(C)(C)C)[nH]c5c4)cn3)cc2[nH]1)C(C)(C)C. The van der Waals surface area contributed by atoms with Crippen LogP contribution in [-0.4, -0.2) is 103 Å². The molecule has 2 aromatic carbocycles. The minimum Gasteiger partial charge on any atom is -0.433 e. The topological polar surface area (TPSA) is 200 Å². The van der Waals surface area contributed by atoms with E-state index in [9.17, 15) is 19.2 Å². The van der Waals surface area contributed by atoms with Gasteiger partial charge in [0, 0.05) is 39.3 Å². The Balaban J connectivity index is 1.38. The number of carbonyl (C=O) groups excluding carboxylic acids is 4. The van der Waals surface area contributed by atoms with Gasteiger partial charge in [0.25, 0.3) is 11.8 Å². The molecule has 0 fully saturated rings. The first-order valence-electron chi connectivity index (χ1n) is 21.8. The summed E-state index contributed by atoms with van der Waals surface area (Å²) in [6.45, 7) is 23.3. The highest BCUT2D eigenvalue weighted by Crippen LogP contribution is 2.37. The molecule has 0 radical (unpaired) electrons. The van der Waals surface area contributed by atoms with Crippen molar-refractivity contribution < 1.29 is 28.7 Å². The molecule has 3 heterocycles. The molecule has 0 spiro atoms. The fourth-order valence-corrected chi connectivity index (χ4v) is 7.72. The van der Waals surface area contributed by atoms with Crippen molar-refractivity contribution in [3.05, 3.63) is 60.4 Å². The lowest BCUT2D eigenvalue weighted by atomic mass is 9.85. The molecule has 4 N–H and O–H groups in total. The number of aromatic nitrogens is 6. The number of rotatable bonds is 14. The van der Waals surface area contributed by atoms with Crippen LogP contribution in [0.2, 0.25) is 0 Å². The summed E-state index contributed by atoms with van der Waals surface area (Å²) in [4.78, 5) is 82.0. The monoisotopic (exact) mass is 881 g/mol. The molecule has 4 amide bonds. The molecule has 64 heavy (non-hydrogen) atoms. The number of carbonyl (C=O) groups is 4. The zero-order valence-electron chi connectivity index (χ0n) is 40.5. The van der Waals surface area contributed by atoms with Gasteiger partial charge in [-0.3, -0.25) is 19.6 Å². The van der Waals surface area contributed by atoms with Gasteiger partial charge in [0.05, 0.1) is 57.9 Å². The van der Waals surface area contributed by atoms with Crippen LogP contribution in [0.4, 0.5) is 9.59 Å². The summed E-state index contributed by atoms with van der Waals surface area (Å²) in [7, 11) is 6.34. The van der Waals surface area contributed by atoms with Crippen molar-refractivity contribution in [3.8, 4) is 22.5 Å². The van der Waals surface area contributed by atoms with Gasteiger partial charge in [-0.1, -0.05) is 81.4 Å². The second-order valence-corrected chi connectivity index (χ2v) is 20.7. The van der Waals surface area contributed by atoms with E-state index in [1.165, 1.54) is 9.80 Å². The molecule has 4 atom stereocenters. The molecule has 3 aromatic heterocycles. The minimum atomic E-state index is -1.40. The molecule has 0 saturated carbocycles. The first-order valence-corrected chi connectivity index (χ1v) is 21.8. The number of amides is 4. The van der Waals surface area contributed by atoms with Crippen molar-refractivity contribution in [2.75, 3.05) is 28.2 Å². The third-order valence-corrected chi connectivity index (χ3v) is 11.0. The predicted molar refractivity (Wildman–Crippen MR) is 249 cm³/mol. The summed E-state index contributed by atoms with van der Waals surface area (Å²) in [5.74, 6) is 0.524. The summed E-state index contributed by atoms with van der Waals surface area (Å²) >= 11 is 0. The van der Waals surface area contributed by atoms with Crippen LogP contribution < -0.4 is 10.6 Å². The molecule has 0 aliphatic heterocycles. The average Bonchev–Trinajstić information content (AvgIpc) is 3.80. The van der Waals surface area contributed by atoms with Crippen molar-refractivity contribution in [2.24, 2.45) is 22.7 Å². The summed E-state index contributed by atoms with van der Waals surface area (Å²) in [5, 5.41) is 6.31. The number of hydrogen-bond donors (Lipinski definition) is 4. The Morgan fingerprint density at radius 2 is 0.938 bits per heavy atom. The van der Waals surface area contributed by atoms with E-state index < -0.39 is 58.1 Å². The van der Waals surface area contributed by atoms with Gasteiger partial charge in [-0.2, -0.15) is 0 Å². The van der Waals surface area contributed by atoms with Gasteiger partial charge in [-0.25, -0.2) is 19.6 Å². The highest BCUT2D eigenvalue weighted by atomic mass is 16.6. The smallest absolute Gasteiger partial charge is 0.410 e. The standard InChI is InChI=1S/C48H68N10O6/c1-27(2)23-47(11,63-43(61)57(13)14)41(59)55-37(45(5,6)7)39-51-31-19-17-29(21-33(31)53-39)35-25-50-36(26-49-35)30-18-20-32-34(22-30)54-40(52-32)38(46(8,9)10)56-42(60)48(12,24-28(3)4)64-44(62)58(15)16/h17-22,25-28,37-38H,23-24H2,1-16H3,(H,51,53)(H,52,54)(H,55,59)(H,56,60)/t37-,38-,47-,48-/m1/s1. The first-order chi connectivity index (χ1) is 29.6. The van der Waals surface area contributed by atoms with Crippen LogP contribution in [0.25, 0.3) is 44.6 Å². The van der Waals surface area contributed by atoms with Crippen molar-refractivity contribution in [1.82, 2.24) is 50.3 Å². The van der Waals surface area contributed by atoms with E-state index in [-0.39, 0.29) is 11.8 Å². The van der Waals surface area contributed by atoms with E-state index in [1.54, 1.807) is 54.4 Å². The predicted octanol–water partition coefficient (Wildman–Crippen LogP) is 8.98. The lowest BCUT2D eigenvalue weighted by molar-refractivity contribution is -0.142. The fourth-order valence-electron chi connectivity index (χ4n) is 7.72. The van der Waals surface area contributed by atoms with Gasteiger partial charge >= 0.3 is 12.2 Å². The maximum absolute atomic E-state index is 13.9. The molecule has 0 aliphatic rings. The Morgan fingerprint density at radius 3 is 1.22 bits per heavy atom. The number of nitrogens with one attached hydrogen (secondary N) is 4. The van der Waals surface area contributed by atoms with E-state index in [1.807, 2.05) is 106 Å². The third-order valence-electron chi connectivity index (χ3n) is 11.0. The van der Waals surface area contributed by atoms with Crippen molar-refractivity contribution in [3.63, 3.8) is 0 Å². The van der Waals surface area contributed by atoms with Gasteiger partial charge in [0.2, 0.25) is 0 Å². The summed E-state index contributed by atoms with van der Waals surface area (Å²) in [6, 6.07) is 10.5. The molecule has 0 bridgehead atoms. The van der Waals surface area contributed by atoms with E-state index in [2.05, 4.69) is 20.6 Å². The summed E-state index contributed by atoms with van der Waals surface area (Å²) in [5.41, 5.74) is 2.20. The van der Waals surface area contributed by atoms with Crippen LogP contribution >= 0.6 is 0 Å². The lowest BCUT2D eigenvalue weighted by Crippen LogP contribution is -2.52. The van der Waals surface area contributed by atoms with Gasteiger partial charge in [0.15, 0.2) is 11.2 Å². The van der Waals surface area contributed by atoms with E-state index in [0.29, 0.717) is 46.9 Å². The number of benzene rings is 2. The van der Waals surface area contributed by atoms with E-state index in [4.69, 9.17) is 29.4 Å². The van der Waals surface area contributed by atoms with Crippen molar-refractivity contribution in [1.29, 1.82) is 0 Å². The molecule has 5 aromatic rings. The molecule has 16 heteroatoms. The van der Waals surface area contributed by atoms with Crippen LogP contribution in [0.15, 0.2) is 48.8 Å². The number of H-pyrrole nitrogens is 2. The molecule has 16 nitrogen and oxygen atoms in total. The quantitative estimate of drug-likeness (QED) is 0.0834. The van der Waals surface area contributed by atoms with Crippen molar-refractivity contribution in [2.45, 2.75) is 119 Å². The highest BCUT2D eigenvalue weighted by molar-refractivity contribution is 5.89. The van der Waals surface area contributed by atoms with Crippen LogP contribution in [-0.2, 0) is 19.1 Å². The number of fused-ring (bicyclic) bond motifs is 2. The molecule has 346 valence electrons. The Kier molecular flexibility index (Phi) is 14.2. The average molecular weight is 881 g/mol. The largest absolute Gasteiger partial charge is 0.433 e. The number of imidazole rings is 2. The summed E-state index contributed by atoms with van der Waals surface area (Å²) in [6.07, 6.45) is 2.95. The highest BCUT2D eigenvalue weighted by Gasteiger charge is 2.44. The molecular formula is C48H68N10O6. The Hall–Kier alpha value is -6.06. The maximum atomic E-state index is 13.9. The van der Waals surface area contributed by atoms with Crippen LogP contribution in [0.1, 0.15) is 120 Å². The number of nitrogens with zero attached hydrogens (tertiary/aromatic N) is 6. The number of hydrogen-bond acceptors (Lipinski definition) is 10. The van der Waals surface area contributed by atoms with E-state index in [0.717, 1.165) is 22.2 Å². The Bertz CT molecular complexity index is 2310. The second kappa shape index (κ2) is 18.6. The zero-order chi connectivity index (χ0) is 47.7. The maximum Gasteiger partial charge on any atom is 0.410 e. The fraction of sp³-hybridized carbons (Fsp3) is 0.542. The van der Waals surface area contributed by atoms with Gasteiger partial charge in [-0.05, 0) is 73.6 Å². The van der Waals surface area contributed by atoms with Gasteiger partial charge in [0.1, 0.15) is 11.6 Å². The molecular weight excluding hydrogens is 813 g/mol. The molecule has 0 unspecified atom stereocenters. The van der Waals surface area contributed by atoms with Crippen LogP contribution in [0.3, 0.4) is 0 Å². The zero-order valence-corrected chi connectivity index (χ0v) is 40.5. The van der Waals surface area contributed by atoms with E-state index >= 15 is 0 Å². The molecule has 5 rings (SSSR count). The van der Waals surface area contributed by atoms with Crippen molar-refractivity contribution >= 4 is 46.1 Å². The molecule has 0 aliphatic carbocycles. The Morgan fingerprint density at radius 1 is 0.594 bits per heavy atom. The van der Waals surface area contributed by atoms with Gasteiger partial charge < -0.3 is 39.9 Å². The second-order valence-electron chi connectivity index (χ2n) is 20.7. The normalized spacial score (nSPS) is 15.0. The van der Waals surface area contributed by atoms with Crippen LogP contribution in [0.5, 0.6) is 0 Å². The number of ether oxygens (including phenoxy) is 2. The first kappa shape index (κ1) is 49.0. The summed E-state index contributed by atoms with van der Waals surface area (Å²) < 4.78 is 11.5. The van der Waals surface area contributed by atoms with Crippen LogP contribution in [0, 0.1) is 22.7 Å². The molecule has 0 saturated heterocycles. The number of aromatic amines is 2. The Labute approximate surface area is 377 Å². The third kappa shape index (κ3) is 11.4. The minimum absolute atomic E-state index is 0.0879. The lowest BCUT2D eigenvalue weighted by Gasteiger charge is -2.36.